The van der Waals surface area contributed by atoms with Gasteiger partial charge in [-0.2, -0.15) is 0 Å². The highest BCUT2D eigenvalue weighted by Crippen LogP contribution is 2.16. The summed E-state index contributed by atoms with van der Waals surface area (Å²) in [7, 11) is 0. The van der Waals surface area contributed by atoms with Crippen molar-refractivity contribution in [3.05, 3.63) is 64.9 Å². The Bertz CT molecular complexity index is 924. The SMILES string of the molecule is C#CCn1c(CCNC(=O)c2cccc(Cl)c2)nc2ccccc21. The summed E-state index contributed by atoms with van der Waals surface area (Å²) in [4.78, 5) is 16.8. The van der Waals surface area contributed by atoms with E-state index in [1.165, 1.54) is 0 Å². The quantitative estimate of drug-likeness (QED) is 0.726. The highest BCUT2D eigenvalue weighted by Gasteiger charge is 2.10. The smallest absolute Gasteiger partial charge is 0.251 e. The van der Waals surface area contributed by atoms with Crippen LogP contribution in [0.2, 0.25) is 5.02 Å². The second-order valence-electron chi connectivity index (χ2n) is 5.32. The average Bonchev–Trinajstić information content (AvgIpc) is 2.93. The first-order valence-electron chi connectivity index (χ1n) is 7.60. The zero-order chi connectivity index (χ0) is 16.9. The Morgan fingerprint density at radius 1 is 1.25 bits per heavy atom. The molecule has 0 aliphatic carbocycles. The number of aromatic nitrogens is 2. The summed E-state index contributed by atoms with van der Waals surface area (Å²) >= 11 is 5.91. The number of terminal acetylenes is 1. The molecule has 0 spiro atoms. The molecule has 4 nitrogen and oxygen atoms in total. The summed E-state index contributed by atoms with van der Waals surface area (Å²) in [5.74, 6) is 3.36. The number of nitrogens with one attached hydrogen (secondary N) is 1. The topological polar surface area (TPSA) is 46.9 Å². The molecule has 1 aromatic heterocycles. The molecule has 1 heterocycles. The van der Waals surface area contributed by atoms with Gasteiger partial charge in [-0.25, -0.2) is 4.98 Å². The molecule has 0 aliphatic rings. The number of carbonyl (C=O) groups is 1. The molecule has 0 bridgehead atoms. The van der Waals surface area contributed by atoms with Gasteiger partial charge in [-0.1, -0.05) is 35.7 Å². The van der Waals surface area contributed by atoms with Crippen LogP contribution in [0.1, 0.15) is 16.2 Å². The zero-order valence-electron chi connectivity index (χ0n) is 13.0. The van der Waals surface area contributed by atoms with Gasteiger partial charge in [-0.15, -0.1) is 6.42 Å². The van der Waals surface area contributed by atoms with E-state index in [0.717, 1.165) is 16.9 Å². The van der Waals surface area contributed by atoms with Crippen LogP contribution in [0.25, 0.3) is 11.0 Å². The van der Waals surface area contributed by atoms with Gasteiger partial charge in [-0.05, 0) is 30.3 Å². The van der Waals surface area contributed by atoms with Crippen LogP contribution in [0, 0.1) is 12.3 Å². The number of benzene rings is 2. The van der Waals surface area contributed by atoms with Gasteiger partial charge in [0.25, 0.3) is 5.91 Å². The van der Waals surface area contributed by atoms with Crippen molar-refractivity contribution in [2.75, 3.05) is 6.54 Å². The minimum atomic E-state index is -0.155. The standard InChI is InChI=1S/C19H16ClN3O/c1-2-12-23-17-9-4-3-8-16(17)22-18(23)10-11-21-19(24)14-6-5-7-15(20)13-14/h1,3-9,13H,10-12H2,(H,21,24). The van der Waals surface area contributed by atoms with Crippen molar-refractivity contribution in [1.82, 2.24) is 14.9 Å². The van der Waals surface area contributed by atoms with Crippen molar-refractivity contribution in [3.8, 4) is 12.3 Å². The van der Waals surface area contributed by atoms with Crippen LogP contribution in [0.4, 0.5) is 0 Å². The van der Waals surface area contributed by atoms with Gasteiger partial charge in [0.05, 0.1) is 17.6 Å². The molecular weight excluding hydrogens is 322 g/mol. The zero-order valence-corrected chi connectivity index (χ0v) is 13.8. The highest BCUT2D eigenvalue weighted by atomic mass is 35.5. The maximum atomic E-state index is 12.1. The van der Waals surface area contributed by atoms with E-state index in [2.05, 4.69) is 16.2 Å². The lowest BCUT2D eigenvalue weighted by atomic mass is 10.2. The molecular formula is C19H16ClN3O. The van der Waals surface area contributed by atoms with E-state index in [1.54, 1.807) is 24.3 Å². The van der Waals surface area contributed by atoms with Gasteiger partial charge in [0.15, 0.2) is 0 Å². The molecule has 0 saturated carbocycles. The number of nitrogens with zero attached hydrogens (tertiary/aromatic N) is 2. The number of rotatable bonds is 5. The third-order valence-corrected chi connectivity index (χ3v) is 3.94. The summed E-state index contributed by atoms with van der Waals surface area (Å²) < 4.78 is 2.00. The Hall–Kier alpha value is -2.77. The van der Waals surface area contributed by atoms with E-state index < -0.39 is 0 Å². The molecule has 0 fully saturated rings. The predicted molar refractivity (Wildman–Crippen MR) is 96.1 cm³/mol. The lowest BCUT2D eigenvalue weighted by molar-refractivity contribution is 0.0954. The van der Waals surface area contributed by atoms with Crippen molar-refractivity contribution in [3.63, 3.8) is 0 Å². The summed E-state index contributed by atoms with van der Waals surface area (Å²) in [6.45, 7) is 0.928. The van der Waals surface area contributed by atoms with Crippen LogP contribution in [0.15, 0.2) is 48.5 Å². The normalized spacial score (nSPS) is 10.5. The van der Waals surface area contributed by atoms with Gasteiger partial charge in [0.2, 0.25) is 0 Å². The molecule has 1 amide bonds. The molecule has 5 heteroatoms. The number of amides is 1. The Labute approximate surface area is 145 Å². The third-order valence-electron chi connectivity index (χ3n) is 3.70. The fraction of sp³-hybridized carbons (Fsp3) is 0.158. The average molecular weight is 338 g/mol. The van der Waals surface area contributed by atoms with Crippen LogP contribution in [0.3, 0.4) is 0 Å². The molecule has 0 unspecified atom stereocenters. The number of fused-ring (bicyclic) bond motifs is 1. The number of halogens is 1. The Kier molecular flexibility index (Phi) is 4.83. The summed E-state index contributed by atoms with van der Waals surface area (Å²) in [6.07, 6.45) is 6.07. The van der Waals surface area contributed by atoms with E-state index in [0.29, 0.717) is 30.1 Å². The van der Waals surface area contributed by atoms with Crippen molar-refractivity contribution in [1.29, 1.82) is 0 Å². The van der Waals surface area contributed by atoms with E-state index in [-0.39, 0.29) is 5.91 Å². The highest BCUT2D eigenvalue weighted by molar-refractivity contribution is 6.30. The predicted octanol–water partition coefficient (Wildman–Crippen LogP) is 3.30. The maximum Gasteiger partial charge on any atom is 0.251 e. The molecule has 3 rings (SSSR count). The number of hydrogen-bond acceptors (Lipinski definition) is 2. The van der Waals surface area contributed by atoms with Crippen LogP contribution in [-0.2, 0) is 13.0 Å². The van der Waals surface area contributed by atoms with E-state index in [4.69, 9.17) is 18.0 Å². The Morgan fingerprint density at radius 3 is 2.88 bits per heavy atom. The summed E-state index contributed by atoms with van der Waals surface area (Å²) in [5.41, 5.74) is 2.45. The molecule has 0 saturated heterocycles. The molecule has 0 atom stereocenters. The first-order chi connectivity index (χ1) is 11.7. The molecule has 24 heavy (non-hydrogen) atoms. The van der Waals surface area contributed by atoms with Gasteiger partial charge in [-0.3, -0.25) is 4.79 Å². The lowest BCUT2D eigenvalue weighted by Crippen LogP contribution is -2.26. The maximum absolute atomic E-state index is 12.1. The van der Waals surface area contributed by atoms with E-state index >= 15 is 0 Å². The van der Waals surface area contributed by atoms with Crippen LogP contribution in [-0.4, -0.2) is 22.0 Å². The number of imidazole rings is 1. The fourth-order valence-electron chi connectivity index (χ4n) is 2.60. The third kappa shape index (κ3) is 3.42. The minimum Gasteiger partial charge on any atom is -0.352 e. The Balaban J connectivity index is 1.71. The van der Waals surface area contributed by atoms with E-state index in [1.807, 2.05) is 28.8 Å². The van der Waals surface area contributed by atoms with Crippen molar-refractivity contribution < 1.29 is 4.79 Å². The second-order valence-corrected chi connectivity index (χ2v) is 5.76. The van der Waals surface area contributed by atoms with Crippen molar-refractivity contribution >= 4 is 28.5 Å². The van der Waals surface area contributed by atoms with Crippen LogP contribution in [0.5, 0.6) is 0 Å². The first kappa shape index (κ1) is 16.1. The number of carbonyl (C=O) groups excluding carboxylic acids is 1. The minimum absolute atomic E-state index is 0.155. The molecule has 0 aliphatic heterocycles. The van der Waals surface area contributed by atoms with Gasteiger partial charge in [0.1, 0.15) is 5.82 Å². The monoisotopic (exact) mass is 337 g/mol. The second kappa shape index (κ2) is 7.20. The molecule has 120 valence electrons. The largest absolute Gasteiger partial charge is 0.352 e. The van der Waals surface area contributed by atoms with Gasteiger partial charge < -0.3 is 9.88 Å². The molecule has 0 radical (unpaired) electrons. The Morgan fingerprint density at radius 2 is 2.08 bits per heavy atom. The van der Waals surface area contributed by atoms with Gasteiger partial charge in [0, 0.05) is 23.6 Å². The summed E-state index contributed by atoms with van der Waals surface area (Å²) in [5, 5.41) is 3.43. The summed E-state index contributed by atoms with van der Waals surface area (Å²) in [6, 6.07) is 14.7. The fourth-order valence-corrected chi connectivity index (χ4v) is 2.79. The molecule has 3 aromatic rings. The van der Waals surface area contributed by atoms with Crippen LogP contribution < -0.4 is 5.32 Å². The van der Waals surface area contributed by atoms with Crippen molar-refractivity contribution in [2.24, 2.45) is 0 Å². The first-order valence-corrected chi connectivity index (χ1v) is 7.98. The molecule has 1 N–H and O–H groups in total. The molecule has 2 aromatic carbocycles. The van der Waals surface area contributed by atoms with Crippen LogP contribution >= 0.6 is 11.6 Å². The number of hydrogen-bond donors (Lipinski definition) is 1. The van der Waals surface area contributed by atoms with E-state index in [9.17, 15) is 4.79 Å². The lowest BCUT2D eigenvalue weighted by Gasteiger charge is -2.07. The van der Waals surface area contributed by atoms with Crippen molar-refractivity contribution in [2.45, 2.75) is 13.0 Å². The van der Waals surface area contributed by atoms with Gasteiger partial charge >= 0.3 is 0 Å². The number of para-hydroxylation sites is 2.